The van der Waals surface area contributed by atoms with E-state index in [4.69, 9.17) is 5.73 Å². The van der Waals surface area contributed by atoms with Crippen molar-refractivity contribution < 1.29 is 9.90 Å². The second-order valence-corrected chi connectivity index (χ2v) is 6.02. The molecule has 1 amide bonds. The van der Waals surface area contributed by atoms with E-state index in [1.54, 1.807) is 0 Å². The number of hydrogen-bond donors (Lipinski definition) is 3. The molecule has 0 aromatic heterocycles. The fraction of sp³-hybridized carbons (Fsp3) is 0.562. The van der Waals surface area contributed by atoms with Crippen LogP contribution in [0.15, 0.2) is 24.3 Å². The van der Waals surface area contributed by atoms with E-state index in [0.29, 0.717) is 18.9 Å². The summed E-state index contributed by atoms with van der Waals surface area (Å²) in [6, 6.07) is 7.55. The van der Waals surface area contributed by atoms with Crippen LogP contribution in [-0.4, -0.2) is 23.7 Å². The Labute approximate surface area is 120 Å². The molecule has 1 unspecified atom stereocenters. The number of aliphatic hydroxyl groups excluding tert-OH is 1. The summed E-state index contributed by atoms with van der Waals surface area (Å²) in [5, 5.41) is 13.1. The van der Waals surface area contributed by atoms with Crippen LogP contribution in [0.4, 0.5) is 0 Å². The SMILES string of the molecule is CC(C)CC(CN)C(=O)N[C@@H]1c2ccccc2C[C@@H]1O. The van der Waals surface area contributed by atoms with E-state index in [1.165, 1.54) is 0 Å². The number of carbonyl (C=O) groups excluding carboxylic acids is 1. The van der Waals surface area contributed by atoms with Crippen LogP contribution in [-0.2, 0) is 11.2 Å². The predicted octanol–water partition coefficient (Wildman–Crippen LogP) is 1.38. The van der Waals surface area contributed by atoms with Crippen LogP contribution in [0.3, 0.4) is 0 Å². The number of fused-ring (bicyclic) bond motifs is 1. The Morgan fingerprint density at radius 3 is 2.80 bits per heavy atom. The lowest BCUT2D eigenvalue weighted by atomic mass is 9.95. The van der Waals surface area contributed by atoms with Crippen LogP contribution < -0.4 is 11.1 Å². The molecule has 20 heavy (non-hydrogen) atoms. The van der Waals surface area contributed by atoms with Gasteiger partial charge in [-0.3, -0.25) is 4.79 Å². The number of carbonyl (C=O) groups is 1. The van der Waals surface area contributed by atoms with E-state index in [1.807, 2.05) is 24.3 Å². The third kappa shape index (κ3) is 3.19. The minimum Gasteiger partial charge on any atom is -0.390 e. The second kappa shape index (κ2) is 6.37. The van der Waals surface area contributed by atoms with Crippen molar-refractivity contribution in [2.75, 3.05) is 6.54 Å². The van der Waals surface area contributed by atoms with E-state index in [2.05, 4.69) is 19.2 Å². The van der Waals surface area contributed by atoms with E-state index < -0.39 is 6.10 Å². The number of hydrogen-bond acceptors (Lipinski definition) is 3. The van der Waals surface area contributed by atoms with Gasteiger partial charge in [0, 0.05) is 13.0 Å². The van der Waals surface area contributed by atoms with E-state index in [-0.39, 0.29) is 17.9 Å². The average Bonchev–Trinajstić information content (AvgIpc) is 2.72. The first-order valence-corrected chi connectivity index (χ1v) is 7.29. The summed E-state index contributed by atoms with van der Waals surface area (Å²) >= 11 is 0. The predicted molar refractivity (Wildman–Crippen MR) is 79.0 cm³/mol. The lowest BCUT2D eigenvalue weighted by Gasteiger charge is -2.22. The molecule has 1 aliphatic carbocycles. The average molecular weight is 276 g/mol. The maximum absolute atomic E-state index is 12.3. The Balaban J connectivity index is 2.07. The van der Waals surface area contributed by atoms with E-state index >= 15 is 0 Å². The molecule has 0 saturated heterocycles. The molecule has 2 rings (SSSR count). The number of nitrogens with one attached hydrogen (secondary N) is 1. The lowest BCUT2D eigenvalue weighted by Crippen LogP contribution is -2.40. The van der Waals surface area contributed by atoms with Crippen LogP contribution in [0.25, 0.3) is 0 Å². The number of amides is 1. The highest BCUT2D eigenvalue weighted by molar-refractivity contribution is 5.79. The van der Waals surface area contributed by atoms with Crippen LogP contribution in [0.1, 0.15) is 37.4 Å². The molecule has 0 spiro atoms. The Kier molecular flexibility index (Phi) is 4.78. The summed E-state index contributed by atoms with van der Waals surface area (Å²) in [5.74, 6) is 0.187. The highest BCUT2D eigenvalue weighted by Crippen LogP contribution is 2.31. The lowest BCUT2D eigenvalue weighted by molar-refractivity contribution is -0.126. The minimum atomic E-state index is -0.547. The van der Waals surface area contributed by atoms with Gasteiger partial charge in [0.2, 0.25) is 5.91 Å². The van der Waals surface area contributed by atoms with E-state index in [0.717, 1.165) is 17.5 Å². The van der Waals surface area contributed by atoms with Crippen molar-refractivity contribution >= 4 is 5.91 Å². The van der Waals surface area contributed by atoms with Gasteiger partial charge in [-0.25, -0.2) is 0 Å². The Morgan fingerprint density at radius 1 is 1.45 bits per heavy atom. The first-order valence-electron chi connectivity index (χ1n) is 7.29. The zero-order chi connectivity index (χ0) is 14.7. The fourth-order valence-electron chi connectivity index (χ4n) is 2.90. The molecule has 110 valence electrons. The molecule has 0 heterocycles. The Morgan fingerprint density at radius 2 is 2.15 bits per heavy atom. The molecule has 0 saturated carbocycles. The van der Waals surface area contributed by atoms with Gasteiger partial charge in [0.25, 0.3) is 0 Å². The summed E-state index contributed by atoms with van der Waals surface area (Å²) < 4.78 is 0. The van der Waals surface area contributed by atoms with Gasteiger partial charge in [-0.2, -0.15) is 0 Å². The summed E-state index contributed by atoms with van der Waals surface area (Å²) in [5.41, 5.74) is 7.83. The molecule has 4 heteroatoms. The maximum atomic E-state index is 12.3. The molecule has 0 aliphatic heterocycles. The monoisotopic (exact) mass is 276 g/mol. The van der Waals surface area contributed by atoms with Crippen molar-refractivity contribution in [3.8, 4) is 0 Å². The largest absolute Gasteiger partial charge is 0.390 e. The van der Waals surface area contributed by atoms with Gasteiger partial charge >= 0.3 is 0 Å². The van der Waals surface area contributed by atoms with E-state index in [9.17, 15) is 9.90 Å². The highest BCUT2D eigenvalue weighted by Gasteiger charge is 2.33. The normalized spacial score (nSPS) is 22.6. The second-order valence-electron chi connectivity index (χ2n) is 6.02. The van der Waals surface area contributed by atoms with Gasteiger partial charge in [0.05, 0.1) is 18.1 Å². The zero-order valence-electron chi connectivity index (χ0n) is 12.2. The summed E-state index contributed by atoms with van der Waals surface area (Å²) in [6.45, 7) is 4.50. The van der Waals surface area contributed by atoms with Crippen molar-refractivity contribution in [1.29, 1.82) is 0 Å². The van der Waals surface area contributed by atoms with Gasteiger partial charge in [-0.1, -0.05) is 38.1 Å². The molecule has 0 bridgehead atoms. The quantitative estimate of drug-likeness (QED) is 0.760. The zero-order valence-corrected chi connectivity index (χ0v) is 12.2. The molecule has 1 aromatic rings. The molecular formula is C16H24N2O2. The van der Waals surface area contributed by atoms with Crippen molar-refractivity contribution in [1.82, 2.24) is 5.32 Å². The first kappa shape index (κ1) is 15.0. The molecule has 0 radical (unpaired) electrons. The molecular weight excluding hydrogens is 252 g/mol. The van der Waals surface area contributed by atoms with Crippen molar-refractivity contribution in [2.24, 2.45) is 17.6 Å². The maximum Gasteiger partial charge on any atom is 0.224 e. The third-order valence-electron chi connectivity index (χ3n) is 3.91. The molecule has 4 N–H and O–H groups in total. The van der Waals surface area contributed by atoms with Gasteiger partial charge < -0.3 is 16.2 Å². The number of nitrogens with two attached hydrogens (primary N) is 1. The van der Waals surface area contributed by atoms with Crippen LogP contribution in [0.2, 0.25) is 0 Å². The van der Waals surface area contributed by atoms with Gasteiger partial charge in [-0.05, 0) is 23.5 Å². The Hall–Kier alpha value is -1.39. The first-order chi connectivity index (χ1) is 9.52. The summed E-state index contributed by atoms with van der Waals surface area (Å²) in [6.07, 6.45) is 0.819. The van der Waals surface area contributed by atoms with Gasteiger partial charge in [-0.15, -0.1) is 0 Å². The van der Waals surface area contributed by atoms with Crippen LogP contribution >= 0.6 is 0 Å². The number of rotatable bonds is 5. The third-order valence-corrected chi connectivity index (χ3v) is 3.91. The fourth-order valence-corrected chi connectivity index (χ4v) is 2.90. The van der Waals surface area contributed by atoms with Gasteiger partial charge in [0.15, 0.2) is 0 Å². The van der Waals surface area contributed by atoms with Crippen LogP contribution in [0, 0.1) is 11.8 Å². The van der Waals surface area contributed by atoms with Crippen LogP contribution in [0.5, 0.6) is 0 Å². The number of benzene rings is 1. The minimum absolute atomic E-state index is 0.0537. The van der Waals surface area contributed by atoms with Crippen molar-refractivity contribution in [3.05, 3.63) is 35.4 Å². The molecule has 1 aromatic carbocycles. The molecule has 4 nitrogen and oxygen atoms in total. The van der Waals surface area contributed by atoms with Crippen molar-refractivity contribution in [2.45, 2.75) is 38.8 Å². The smallest absolute Gasteiger partial charge is 0.224 e. The highest BCUT2D eigenvalue weighted by atomic mass is 16.3. The summed E-state index contributed by atoms with van der Waals surface area (Å²) in [7, 11) is 0. The number of aliphatic hydroxyl groups is 1. The standard InChI is InChI=1S/C16H24N2O2/c1-10(2)7-12(9-17)16(20)18-15-13-6-4-3-5-11(13)8-14(15)19/h3-6,10,12,14-15,19H,7-9,17H2,1-2H3,(H,18,20)/t12?,14-,15+/m0/s1. The molecule has 1 aliphatic rings. The Bertz CT molecular complexity index is 473. The summed E-state index contributed by atoms with van der Waals surface area (Å²) in [4.78, 5) is 12.3. The topological polar surface area (TPSA) is 75.4 Å². The van der Waals surface area contributed by atoms with Crippen molar-refractivity contribution in [3.63, 3.8) is 0 Å². The molecule has 3 atom stereocenters. The molecule has 0 fully saturated rings. The van der Waals surface area contributed by atoms with Gasteiger partial charge in [0.1, 0.15) is 0 Å².